The minimum absolute atomic E-state index is 0.103. The van der Waals surface area contributed by atoms with Gasteiger partial charge in [-0.25, -0.2) is 0 Å². The first-order chi connectivity index (χ1) is 33.1. The molecule has 0 fully saturated rings. The van der Waals surface area contributed by atoms with Crippen molar-refractivity contribution in [3.63, 3.8) is 0 Å². The van der Waals surface area contributed by atoms with E-state index in [9.17, 15) is 33.9 Å². The second kappa shape index (κ2) is 28.2. The minimum atomic E-state index is -1.14. The average molecular weight is 977 g/mol. The number of nitrogens with one attached hydrogen (secondary N) is 2. The third-order valence-corrected chi connectivity index (χ3v) is 12.1. The summed E-state index contributed by atoms with van der Waals surface area (Å²) in [4.78, 5) is 87.2. The number of hydrogen-bond acceptors (Lipinski definition) is 15. The topological polar surface area (TPSA) is 228 Å². The number of hydrogen-bond donors (Lipinski definition) is 5. The summed E-state index contributed by atoms with van der Waals surface area (Å²) in [6.45, 7) is 17.4. The maximum Gasteiger partial charge on any atom is 0.219 e. The summed E-state index contributed by atoms with van der Waals surface area (Å²) in [7, 11) is 0. The van der Waals surface area contributed by atoms with Crippen LogP contribution in [-0.4, -0.2) is 192 Å². The first-order valence-corrected chi connectivity index (χ1v) is 23.7. The lowest BCUT2D eigenvalue weighted by atomic mass is 9.91. The van der Waals surface area contributed by atoms with Crippen LogP contribution < -0.4 is 24.8 Å². The van der Waals surface area contributed by atoms with E-state index in [0.29, 0.717) is 40.5 Å². The molecular weight excluding hydrogens is 901 g/mol. The SMILES string of the molecule is CC(=O)N(CCNC(C)(C)C(=O)c1ccc(OCCO)cc1)CCN(CCN(CCN(CCNC(C)(C)C(=O)c1ccc(OCCO)cc1)C(C)=O)C(C)(C)C(=O)c1ccc(OCCO)cc1)C(C)=O. The normalized spacial score (nSPS) is 11.8. The fourth-order valence-corrected chi connectivity index (χ4v) is 7.66. The molecule has 0 atom stereocenters. The number of carbonyl (C=O) groups excluding carboxylic acids is 6. The van der Waals surface area contributed by atoms with E-state index < -0.39 is 16.6 Å². The molecule has 5 N–H and O–H groups in total. The number of ether oxygens (including phenoxy) is 3. The van der Waals surface area contributed by atoms with Crippen LogP contribution in [0.25, 0.3) is 0 Å². The second-order valence-electron chi connectivity index (χ2n) is 18.4. The highest BCUT2D eigenvalue weighted by Gasteiger charge is 2.36. The van der Waals surface area contributed by atoms with Crippen LogP contribution in [0.5, 0.6) is 17.2 Å². The van der Waals surface area contributed by atoms with Gasteiger partial charge >= 0.3 is 0 Å². The maximum absolute atomic E-state index is 14.3. The van der Waals surface area contributed by atoms with Gasteiger partial charge in [-0.05, 0) is 114 Å². The largest absolute Gasteiger partial charge is 0.491 e. The van der Waals surface area contributed by atoms with E-state index in [1.165, 1.54) is 20.8 Å². The maximum atomic E-state index is 14.3. The Balaban J connectivity index is 1.73. The lowest BCUT2D eigenvalue weighted by Crippen LogP contribution is -2.56. The first-order valence-electron chi connectivity index (χ1n) is 23.7. The summed E-state index contributed by atoms with van der Waals surface area (Å²) in [6, 6.07) is 20.0. The Morgan fingerprint density at radius 3 is 0.986 bits per heavy atom. The van der Waals surface area contributed by atoms with E-state index in [2.05, 4.69) is 10.6 Å². The number of Topliss-reactive ketones (excluding diaryl/α,β-unsaturated/α-hetero) is 3. The smallest absolute Gasteiger partial charge is 0.219 e. The van der Waals surface area contributed by atoms with Gasteiger partial charge in [0, 0.05) is 103 Å². The molecular formula is C52H76N6O12. The number of carbonyl (C=O) groups is 6. The van der Waals surface area contributed by atoms with Crippen LogP contribution in [0.15, 0.2) is 72.8 Å². The molecule has 70 heavy (non-hydrogen) atoms. The molecule has 0 unspecified atom stereocenters. The van der Waals surface area contributed by atoms with E-state index in [-0.39, 0.29) is 134 Å². The zero-order valence-corrected chi connectivity index (χ0v) is 42.5. The highest BCUT2D eigenvalue weighted by atomic mass is 16.5. The van der Waals surface area contributed by atoms with Gasteiger partial charge in [-0.15, -0.1) is 0 Å². The van der Waals surface area contributed by atoms with E-state index in [0.717, 1.165) is 0 Å². The number of ketones is 3. The molecule has 0 aliphatic carbocycles. The Kier molecular flexibility index (Phi) is 23.6. The molecule has 0 heterocycles. The Hall–Kier alpha value is -5.76. The Morgan fingerprint density at radius 2 is 0.700 bits per heavy atom. The van der Waals surface area contributed by atoms with Crippen molar-refractivity contribution in [3.8, 4) is 17.2 Å². The fraction of sp³-hybridized carbons (Fsp3) is 0.538. The standard InChI is InChI=1S/C52H76N6O12/c1-38(62)55(24-22-53-50(4,5)47(65)41-10-16-44(17-11-41)68-35-32-59)26-27-57(40(3)64)29-31-58(52(8,9)49(67)43-14-20-46(21-15-43)70-37-34-61)30-28-56(39(2)63)25-23-54-51(6,7)48(66)42-12-18-45(19-13-42)69-36-33-60/h10-21,53-54,59-61H,22-37H2,1-9H3. The van der Waals surface area contributed by atoms with Crippen LogP contribution >= 0.6 is 0 Å². The number of aliphatic hydroxyl groups is 3. The summed E-state index contributed by atoms with van der Waals surface area (Å²) in [5, 5.41) is 33.8. The number of amides is 3. The molecule has 0 aliphatic rings. The summed E-state index contributed by atoms with van der Waals surface area (Å²) in [5.41, 5.74) is -1.74. The van der Waals surface area contributed by atoms with E-state index in [4.69, 9.17) is 24.4 Å². The van der Waals surface area contributed by atoms with Gasteiger partial charge in [0.2, 0.25) is 17.7 Å². The van der Waals surface area contributed by atoms with Crippen molar-refractivity contribution < 1.29 is 58.3 Å². The molecule has 3 aromatic rings. The Morgan fingerprint density at radius 1 is 0.429 bits per heavy atom. The van der Waals surface area contributed by atoms with Gasteiger partial charge in [0.05, 0.1) is 36.4 Å². The fourth-order valence-electron chi connectivity index (χ4n) is 7.66. The molecule has 3 amide bonds. The van der Waals surface area contributed by atoms with Crippen LogP contribution in [0, 0.1) is 0 Å². The van der Waals surface area contributed by atoms with E-state index in [1.54, 1.807) is 129 Å². The molecule has 0 aliphatic heterocycles. The Labute approximate surface area is 413 Å². The third-order valence-electron chi connectivity index (χ3n) is 12.1. The Bertz CT molecular complexity index is 2150. The van der Waals surface area contributed by atoms with Gasteiger partial charge in [0.1, 0.15) is 37.1 Å². The predicted molar refractivity (Wildman–Crippen MR) is 267 cm³/mol. The number of nitrogens with zero attached hydrogens (tertiary/aromatic N) is 4. The van der Waals surface area contributed by atoms with Crippen molar-refractivity contribution in [3.05, 3.63) is 89.5 Å². The van der Waals surface area contributed by atoms with Crippen molar-refractivity contribution >= 4 is 35.1 Å². The van der Waals surface area contributed by atoms with E-state index >= 15 is 0 Å². The van der Waals surface area contributed by atoms with Gasteiger partial charge in [0.25, 0.3) is 0 Å². The van der Waals surface area contributed by atoms with Crippen molar-refractivity contribution in [1.82, 2.24) is 30.2 Å². The average Bonchev–Trinajstić information content (AvgIpc) is 3.33. The van der Waals surface area contributed by atoms with Gasteiger partial charge in [0.15, 0.2) is 17.3 Å². The molecule has 0 saturated heterocycles. The molecule has 386 valence electrons. The van der Waals surface area contributed by atoms with Gasteiger partial charge in [-0.1, -0.05) is 0 Å². The van der Waals surface area contributed by atoms with Crippen molar-refractivity contribution in [2.24, 2.45) is 0 Å². The summed E-state index contributed by atoms with van der Waals surface area (Å²) < 4.78 is 16.3. The summed E-state index contributed by atoms with van der Waals surface area (Å²) >= 11 is 0. The molecule has 3 rings (SSSR count). The van der Waals surface area contributed by atoms with Gasteiger partial charge < -0.3 is 54.9 Å². The number of rotatable bonds is 33. The molecule has 3 aromatic carbocycles. The molecule has 18 nitrogen and oxygen atoms in total. The molecule has 0 spiro atoms. The predicted octanol–water partition coefficient (Wildman–Crippen LogP) is 3.11. The molecule has 18 heteroatoms. The van der Waals surface area contributed by atoms with Gasteiger partial charge in [-0.2, -0.15) is 0 Å². The van der Waals surface area contributed by atoms with Crippen LogP contribution in [0.2, 0.25) is 0 Å². The zero-order chi connectivity index (χ0) is 52.1. The lowest BCUT2D eigenvalue weighted by Gasteiger charge is -2.40. The van der Waals surface area contributed by atoms with Crippen molar-refractivity contribution in [1.29, 1.82) is 0 Å². The van der Waals surface area contributed by atoms with Crippen LogP contribution in [0.1, 0.15) is 93.4 Å². The van der Waals surface area contributed by atoms with Crippen molar-refractivity contribution in [2.45, 2.75) is 78.9 Å². The molecule has 0 saturated carbocycles. The highest BCUT2D eigenvalue weighted by molar-refractivity contribution is 6.04. The van der Waals surface area contributed by atoms with E-state index in [1.807, 2.05) is 4.90 Å². The highest BCUT2D eigenvalue weighted by Crippen LogP contribution is 2.24. The second-order valence-corrected chi connectivity index (χ2v) is 18.4. The van der Waals surface area contributed by atoms with Gasteiger partial charge in [-0.3, -0.25) is 33.7 Å². The summed E-state index contributed by atoms with van der Waals surface area (Å²) in [6.07, 6.45) is 0. The molecule has 0 aromatic heterocycles. The first kappa shape index (κ1) is 58.6. The van der Waals surface area contributed by atoms with Crippen LogP contribution in [-0.2, 0) is 14.4 Å². The molecule has 0 radical (unpaired) electrons. The quantitative estimate of drug-likeness (QED) is 0.0553. The summed E-state index contributed by atoms with van der Waals surface area (Å²) in [5.74, 6) is 0.396. The minimum Gasteiger partial charge on any atom is -0.491 e. The lowest BCUT2D eigenvalue weighted by molar-refractivity contribution is -0.133. The van der Waals surface area contributed by atoms with Crippen LogP contribution in [0.3, 0.4) is 0 Å². The van der Waals surface area contributed by atoms with Crippen LogP contribution in [0.4, 0.5) is 0 Å². The number of aliphatic hydroxyl groups excluding tert-OH is 3. The molecule has 0 bridgehead atoms. The van der Waals surface area contributed by atoms with Crippen molar-refractivity contribution in [2.75, 3.05) is 105 Å². The number of benzene rings is 3. The third kappa shape index (κ3) is 18.2. The zero-order valence-electron chi connectivity index (χ0n) is 42.5. The monoisotopic (exact) mass is 977 g/mol.